The zero-order valence-corrected chi connectivity index (χ0v) is 37.5. The maximum Gasteiger partial charge on any atom is 0.0546 e. The summed E-state index contributed by atoms with van der Waals surface area (Å²) in [4.78, 5) is 4.96. The Hall–Kier alpha value is -8.46. The van der Waals surface area contributed by atoms with Crippen LogP contribution in [0.1, 0.15) is 25.0 Å². The van der Waals surface area contributed by atoms with E-state index in [2.05, 4.69) is 266 Å². The van der Waals surface area contributed by atoms with Crippen LogP contribution in [0.25, 0.3) is 76.5 Å². The van der Waals surface area contributed by atoms with E-state index in [0.717, 1.165) is 34.1 Å². The first-order chi connectivity index (χ1) is 33.0. The van der Waals surface area contributed by atoms with Crippen molar-refractivity contribution in [2.24, 2.45) is 0 Å². The molecule has 1 aliphatic carbocycles. The summed E-state index contributed by atoms with van der Waals surface area (Å²) in [6.45, 7) is 4.76. The second kappa shape index (κ2) is 15.3. The molecule has 67 heavy (non-hydrogen) atoms. The van der Waals surface area contributed by atoms with E-state index >= 15 is 0 Å². The molecule has 0 radical (unpaired) electrons. The third kappa shape index (κ3) is 6.18. The van der Waals surface area contributed by atoms with Crippen molar-refractivity contribution in [1.29, 1.82) is 0 Å². The Kier molecular flexibility index (Phi) is 8.91. The summed E-state index contributed by atoms with van der Waals surface area (Å²) in [6, 6.07) is 89.6. The normalized spacial score (nSPS) is 12.7. The number of hydrogen-bond donors (Lipinski definition) is 0. The van der Waals surface area contributed by atoms with Gasteiger partial charge in [0.25, 0.3) is 0 Å². The standard InChI is InChI=1S/C65H46N2/c1-65(2)58-30-18-17-28-53(58)54-35-33-50(42-59(54)65)67(51-40-46(43-19-7-3-8-20-43)39-47(41-51)44-21-9-4-10-22-44)61-37-32-45-31-34-57-60(66(48-23-11-5-12-24-48)49-25-13-6-14-26-49)38-36-56-52-27-15-16-29-55(52)64(61)62(45)63(56)57/h3-42H,1-2H3. The second-order valence-electron chi connectivity index (χ2n) is 18.5. The van der Waals surface area contributed by atoms with Crippen LogP contribution >= 0.6 is 0 Å². The number of rotatable bonds is 8. The second-order valence-corrected chi connectivity index (χ2v) is 18.5. The highest BCUT2D eigenvalue weighted by Gasteiger charge is 2.36. The van der Waals surface area contributed by atoms with Gasteiger partial charge in [0.1, 0.15) is 0 Å². The van der Waals surface area contributed by atoms with Crippen LogP contribution in [0.15, 0.2) is 243 Å². The van der Waals surface area contributed by atoms with Gasteiger partial charge >= 0.3 is 0 Å². The molecule has 0 atom stereocenters. The van der Waals surface area contributed by atoms with Crippen LogP contribution in [-0.2, 0) is 5.41 Å². The fourth-order valence-electron chi connectivity index (χ4n) is 11.2. The highest BCUT2D eigenvalue weighted by atomic mass is 15.2. The molecule has 0 amide bonds. The molecule has 316 valence electrons. The van der Waals surface area contributed by atoms with Crippen molar-refractivity contribution in [3.63, 3.8) is 0 Å². The first-order valence-electron chi connectivity index (χ1n) is 23.3. The number of hydrogen-bond acceptors (Lipinski definition) is 2. The predicted octanol–water partition coefficient (Wildman–Crippen LogP) is 18.3. The Bertz CT molecular complexity index is 3720. The maximum atomic E-state index is 2.55. The minimum Gasteiger partial charge on any atom is -0.310 e. The quantitative estimate of drug-likeness (QED) is 0.111. The van der Waals surface area contributed by atoms with Gasteiger partial charge in [0, 0.05) is 49.7 Å². The largest absolute Gasteiger partial charge is 0.310 e. The molecule has 0 saturated heterocycles. The van der Waals surface area contributed by atoms with Crippen molar-refractivity contribution in [1.82, 2.24) is 0 Å². The molecule has 2 nitrogen and oxygen atoms in total. The molecule has 0 bridgehead atoms. The maximum absolute atomic E-state index is 2.55. The van der Waals surface area contributed by atoms with E-state index in [4.69, 9.17) is 0 Å². The van der Waals surface area contributed by atoms with Crippen LogP contribution in [0.4, 0.5) is 34.1 Å². The zero-order chi connectivity index (χ0) is 44.6. The molecule has 12 aromatic carbocycles. The molecule has 0 aliphatic heterocycles. The van der Waals surface area contributed by atoms with E-state index in [1.807, 2.05) is 0 Å². The lowest BCUT2D eigenvalue weighted by Gasteiger charge is -2.31. The van der Waals surface area contributed by atoms with Gasteiger partial charge in [-0.05, 0) is 133 Å². The Morgan fingerprint density at radius 2 is 0.791 bits per heavy atom. The van der Waals surface area contributed by atoms with Crippen LogP contribution in [0.3, 0.4) is 0 Å². The van der Waals surface area contributed by atoms with Crippen molar-refractivity contribution in [3.8, 4) is 33.4 Å². The molecule has 0 N–H and O–H groups in total. The van der Waals surface area contributed by atoms with E-state index in [9.17, 15) is 0 Å². The van der Waals surface area contributed by atoms with Crippen molar-refractivity contribution < 1.29 is 0 Å². The van der Waals surface area contributed by atoms with Gasteiger partial charge < -0.3 is 9.80 Å². The minimum absolute atomic E-state index is 0.177. The smallest absolute Gasteiger partial charge is 0.0546 e. The Morgan fingerprint density at radius 3 is 1.46 bits per heavy atom. The lowest BCUT2D eigenvalue weighted by atomic mass is 9.82. The summed E-state index contributed by atoms with van der Waals surface area (Å²) < 4.78 is 0. The third-order valence-corrected chi connectivity index (χ3v) is 14.3. The number of benzene rings is 12. The molecule has 1 aliphatic rings. The molecular weight excluding hydrogens is 809 g/mol. The van der Waals surface area contributed by atoms with Crippen LogP contribution in [0.5, 0.6) is 0 Å². The fourth-order valence-corrected chi connectivity index (χ4v) is 11.2. The van der Waals surface area contributed by atoms with Crippen molar-refractivity contribution >= 4 is 77.2 Å². The van der Waals surface area contributed by atoms with Crippen molar-refractivity contribution in [3.05, 3.63) is 254 Å². The summed E-state index contributed by atoms with van der Waals surface area (Å²) >= 11 is 0. The van der Waals surface area contributed by atoms with E-state index in [0.29, 0.717) is 0 Å². The van der Waals surface area contributed by atoms with E-state index in [1.165, 1.54) is 87.6 Å². The molecule has 13 rings (SSSR count). The first kappa shape index (κ1) is 39.0. The van der Waals surface area contributed by atoms with E-state index < -0.39 is 0 Å². The highest BCUT2D eigenvalue weighted by molar-refractivity contribution is 6.37. The Morgan fingerprint density at radius 1 is 0.284 bits per heavy atom. The van der Waals surface area contributed by atoms with Gasteiger partial charge in [-0.1, -0.05) is 190 Å². The number of anilines is 6. The summed E-state index contributed by atoms with van der Waals surface area (Å²) in [6.07, 6.45) is 0. The average molecular weight is 855 g/mol. The molecule has 12 aromatic rings. The summed E-state index contributed by atoms with van der Waals surface area (Å²) in [7, 11) is 0. The van der Waals surface area contributed by atoms with Crippen molar-refractivity contribution in [2.45, 2.75) is 19.3 Å². The average Bonchev–Trinajstić information content (AvgIpc) is 3.62. The summed E-state index contributed by atoms with van der Waals surface area (Å²) in [5.74, 6) is 0. The molecule has 2 heteroatoms. The van der Waals surface area contributed by atoms with Gasteiger partial charge in [0.15, 0.2) is 0 Å². The van der Waals surface area contributed by atoms with E-state index in [1.54, 1.807) is 0 Å². The van der Waals surface area contributed by atoms with Crippen LogP contribution in [0.2, 0.25) is 0 Å². The topological polar surface area (TPSA) is 6.48 Å². The highest BCUT2D eigenvalue weighted by Crippen LogP contribution is 2.54. The van der Waals surface area contributed by atoms with Crippen LogP contribution in [0, 0.1) is 0 Å². The van der Waals surface area contributed by atoms with Gasteiger partial charge in [-0.15, -0.1) is 0 Å². The fraction of sp³-hybridized carbons (Fsp3) is 0.0462. The van der Waals surface area contributed by atoms with Crippen LogP contribution < -0.4 is 9.80 Å². The Labute approximate surface area is 391 Å². The van der Waals surface area contributed by atoms with Gasteiger partial charge in [-0.25, -0.2) is 0 Å². The molecule has 0 spiro atoms. The van der Waals surface area contributed by atoms with Crippen LogP contribution in [-0.4, -0.2) is 0 Å². The molecule has 0 heterocycles. The predicted molar refractivity (Wildman–Crippen MR) is 285 cm³/mol. The summed E-state index contributed by atoms with van der Waals surface area (Å²) in [5.41, 5.74) is 16.6. The molecule has 0 aromatic heterocycles. The van der Waals surface area contributed by atoms with E-state index in [-0.39, 0.29) is 5.41 Å². The van der Waals surface area contributed by atoms with Gasteiger partial charge in [0.05, 0.1) is 11.4 Å². The lowest BCUT2D eigenvalue weighted by molar-refractivity contribution is 0.660. The SMILES string of the molecule is CC1(C)c2ccccc2-c2ccc(N(c3cc(-c4ccccc4)cc(-c4ccccc4)c3)c3ccc4ccc5c(N(c6ccccc6)c6ccccc6)ccc6c7ccccc7c3c4c56)cc21. The van der Waals surface area contributed by atoms with Gasteiger partial charge in [0.2, 0.25) is 0 Å². The molecule has 0 unspecified atom stereocenters. The monoisotopic (exact) mass is 854 g/mol. The van der Waals surface area contributed by atoms with Gasteiger partial charge in [-0.2, -0.15) is 0 Å². The van der Waals surface area contributed by atoms with Gasteiger partial charge in [-0.3, -0.25) is 0 Å². The molecule has 0 saturated carbocycles. The molecule has 0 fully saturated rings. The number of nitrogens with zero attached hydrogens (tertiary/aromatic N) is 2. The zero-order valence-electron chi connectivity index (χ0n) is 37.5. The number of para-hydroxylation sites is 2. The third-order valence-electron chi connectivity index (χ3n) is 14.3. The number of fused-ring (bicyclic) bond motifs is 6. The Balaban J connectivity index is 1.14. The molecular formula is C65H46N2. The summed E-state index contributed by atoms with van der Waals surface area (Å²) in [5, 5.41) is 9.95. The lowest BCUT2D eigenvalue weighted by Crippen LogP contribution is -2.17. The first-order valence-corrected chi connectivity index (χ1v) is 23.3. The van der Waals surface area contributed by atoms with Crippen molar-refractivity contribution in [2.75, 3.05) is 9.80 Å². The minimum atomic E-state index is -0.177.